The first-order chi connectivity index (χ1) is 16.9. The molecule has 0 spiro atoms. The predicted octanol–water partition coefficient (Wildman–Crippen LogP) is 8.09. The van der Waals surface area contributed by atoms with Gasteiger partial charge in [0.2, 0.25) is 0 Å². The molecule has 0 aliphatic heterocycles. The minimum Gasteiger partial charge on any atom is -0.389 e. The average Bonchev–Trinajstić information content (AvgIpc) is 2.88. The van der Waals surface area contributed by atoms with Crippen LogP contribution in [0.15, 0.2) is 72.0 Å². The molecular formula is C29H43F4NO2. The number of aliphatic hydroxyl groups excluding tert-OH is 1. The highest BCUT2D eigenvalue weighted by Gasteiger charge is 2.38. The van der Waals surface area contributed by atoms with Crippen LogP contribution in [0.1, 0.15) is 66.9 Å². The molecule has 2 atom stereocenters. The number of ketones is 1. The second-order valence-corrected chi connectivity index (χ2v) is 7.88. The summed E-state index contributed by atoms with van der Waals surface area (Å²) in [5, 5.41) is 7.79. The predicted molar refractivity (Wildman–Crippen MR) is 143 cm³/mol. The maximum atomic E-state index is 12.5. The van der Waals surface area contributed by atoms with Gasteiger partial charge in [-0.2, -0.15) is 13.2 Å². The number of carbonyl (C=O) groups excluding carboxylic acids is 1. The summed E-state index contributed by atoms with van der Waals surface area (Å²) in [6, 6.07) is 11.1. The van der Waals surface area contributed by atoms with Crippen molar-refractivity contribution >= 4 is 11.4 Å². The fourth-order valence-electron chi connectivity index (χ4n) is 2.79. The molecule has 204 valence electrons. The maximum Gasteiger partial charge on any atom is 0.415 e. The zero-order chi connectivity index (χ0) is 28.3. The summed E-state index contributed by atoms with van der Waals surface area (Å²) in [5.74, 6) is -0.190. The zero-order valence-corrected chi connectivity index (χ0v) is 22.9. The summed E-state index contributed by atoms with van der Waals surface area (Å²) in [6.07, 6.45) is 2.38. The highest BCUT2D eigenvalue weighted by Crippen LogP contribution is 2.32. The highest BCUT2D eigenvalue weighted by atomic mass is 19.4. The van der Waals surface area contributed by atoms with Gasteiger partial charge in [0.15, 0.2) is 5.78 Å². The standard InChI is InChI=1S/C17H25N.C7H6F4.C3H6O2.C2H6/c1-6-14(3)18(5)15(4)13-16(7-2)17-11-9-8-10-12-17;8-6-4-2-1-3-5(6)7(9,10)11;1-3(5)2-4;1-2/h7-14H,6H2,1-5H3;1-3,6H,4H2;4H,2H2,1H3;1-2H3/b15-13+,16-7+;;;. The Balaban J connectivity index is 0. The molecule has 0 radical (unpaired) electrons. The summed E-state index contributed by atoms with van der Waals surface area (Å²) in [7, 11) is 2.16. The van der Waals surface area contributed by atoms with Crippen molar-refractivity contribution in [3.63, 3.8) is 0 Å². The third kappa shape index (κ3) is 14.7. The molecule has 0 aromatic heterocycles. The van der Waals surface area contributed by atoms with E-state index in [1.54, 1.807) is 0 Å². The summed E-state index contributed by atoms with van der Waals surface area (Å²) >= 11 is 0. The quantitative estimate of drug-likeness (QED) is 0.309. The van der Waals surface area contributed by atoms with Gasteiger partial charge in [-0.15, -0.1) is 0 Å². The number of carbonyl (C=O) groups is 1. The third-order valence-electron chi connectivity index (χ3n) is 5.23. The van der Waals surface area contributed by atoms with Crippen LogP contribution in [0.2, 0.25) is 0 Å². The molecule has 0 fully saturated rings. The van der Waals surface area contributed by atoms with Gasteiger partial charge in [0.05, 0.1) is 5.57 Å². The molecule has 3 nitrogen and oxygen atoms in total. The van der Waals surface area contributed by atoms with E-state index in [4.69, 9.17) is 5.11 Å². The number of Topliss-reactive ketones (excluding diaryl/α,β-unsaturated/α-hetero) is 1. The van der Waals surface area contributed by atoms with Gasteiger partial charge in [-0.05, 0) is 51.3 Å². The molecule has 1 aromatic carbocycles. The van der Waals surface area contributed by atoms with Gasteiger partial charge in [0, 0.05) is 25.2 Å². The Morgan fingerprint density at radius 1 is 1.19 bits per heavy atom. The second-order valence-electron chi connectivity index (χ2n) is 7.88. The van der Waals surface area contributed by atoms with E-state index in [9.17, 15) is 22.4 Å². The fourth-order valence-corrected chi connectivity index (χ4v) is 2.79. The molecule has 0 saturated carbocycles. The van der Waals surface area contributed by atoms with Crippen molar-refractivity contribution < 1.29 is 27.5 Å². The number of nitrogens with zero attached hydrogens (tertiary/aromatic N) is 1. The number of allylic oxidation sites excluding steroid dienone is 8. The van der Waals surface area contributed by atoms with Gasteiger partial charge >= 0.3 is 6.18 Å². The SMILES string of the molecule is C/C=C(\C=C(/C)N(C)C(C)CC)c1ccccc1.CC.CC(=O)CO.FC1CC=CC=C1C(F)(F)F. The van der Waals surface area contributed by atoms with Gasteiger partial charge in [0.1, 0.15) is 12.8 Å². The molecule has 7 heteroatoms. The first-order valence-corrected chi connectivity index (χ1v) is 12.2. The van der Waals surface area contributed by atoms with Crippen LogP contribution < -0.4 is 0 Å². The van der Waals surface area contributed by atoms with Crippen molar-refractivity contribution in [2.75, 3.05) is 13.7 Å². The molecule has 1 aliphatic rings. The Hall–Kier alpha value is -2.67. The molecule has 1 aliphatic carbocycles. The lowest BCUT2D eigenvalue weighted by Crippen LogP contribution is -2.26. The van der Waals surface area contributed by atoms with Crippen molar-refractivity contribution in [1.82, 2.24) is 4.90 Å². The first-order valence-electron chi connectivity index (χ1n) is 12.2. The lowest BCUT2D eigenvalue weighted by atomic mass is 10.0. The van der Waals surface area contributed by atoms with Gasteiger partial charge < -0.3 is 10.0 Å². The van der Waals surface area contributed by atoms with Crippen LogP contribution in [0.5, 0.6) is 0 Å². The zero-order valence-electron chi connectivity index (χ0n) is 22.9. The van der Waals surface area contributed by atoms with E-state index >= 15 is 0 Å². The van der Waals surface area contributed by atoms with Crippen molar-refractivity contribution in [2.45, 2.75) is 79.7 Å². The lowest BCUT2D eigenvalue weighted by Gasteiger charge is -2.27. The minimum atomic E-state index is -4.52. The van der Waals surface area contributed by atoms with Gasteiger partial charge in [-0.3, -0.25) is 4.79 Å². The summed E-state index contributed by atoms with van der Waals surface area (Å²) in [6.45, 7) is 13.8. The topological polar surface area (TPSA) is 40.5 Å². The molecule has 1 N–H and O–H groups in total. The first kappa shape index (κ1) is 35.5. The maximum absolute atomic E-state index is 12.5. The number of aliphatic hydroxyl groups is 1. The number of rotatable bonds is 6. The van der Waals surface area contributed by atoms with E-state index < -0.39 is 17.9 Å². The van der Waals surface area contributed by atoms with E-state index in [-0.39, 0.29) is 18.8 Å². The number of hydrogen-bond donors (Lipinski definition) is 1. The Kier molecular flexibility index (Phi) is 19.2. The van der Waals surface area contributed by atoms with Crippen LogP contribution in [-0.2, 0) is 4.79 Å². The third-order valence-corrected chi connectivity index (χ3v) is 5.23. The summed E-state index contributed by atoms with van der Waals surface area (Å²) in [4.78, 5) is 11.9. The van der Waals surface area contributed by atoms with Crippen LogP contribution in [0.3, 0.4) is 0 Å². The van der Waals surface area contributed by atoms with Crippen molar-refractivity contribution in [3.05, 3.63) is 77.5 Å². The van der Waals surface area contributed by atoms with Crippen molar-refractivity contribution in [1.29, 1.82) is 0 Å². The molecular weight excluding hydrogens is 470 g/mol. The van der Waals surface area contributed by atoms with E-state index in [1.165, 1.54) is 35.9 Å². The van der Waals surface area contributed by atoms with Gasteiger partial charge in [-0.1, -0.05) is 75.4 Å². The number of halogens is 4. The molecule has 0 heterocycles. The minimum absolute atomic E-state index is 0.175. The number of hydrogen-bond acceptors (Lipinski definition) is 3. The summed E-state index contributed by atoms with van der Waals surface area (Å²) < 4.78 is 48.1. The van der Waals surface area contributed by atoms with E-state index in [0.717, 1.165) is 12.5 Å². The van der Waals surface area contributed by atoms with Gasteiger partial charge in [-0.25, -0.2) is 4.39 Å². The Labute approximate surface area is 214 Å². The van der Waals surface area contributed by atoms with E-state index in [1.807, 2.05) is 13.8 Å². The lowest BCUT2D eigenvalue weighted by molar-refractivity contribution is -0.119. The Bertz CT molecular complexity index is 856. The summed E-state index contributed by atoms with van der Waals surface area (Å²) in [5.41, 5.74) is 2.78. The van der Waals surface area contributed by atoms with Crippen molar-refractivity contribution in [3.8, 4) is 0 Å². The Morgan fingerprint density at radius 2 is 1.72 bits per heavy atom. The van der Waals surface area contributed by atoms with Crippen LogP contribution in [0, 0.1) is 0 Å². The second kappa shape index (κ2) is 19.5. The monoisotopic (exact) mass is 513 g/mol. The van der Waals surface area contributed by atoms with Crippen LogP contribution in [0.4, 0.5) is 17.6 Å². The molecule has 2 unspecified atom stereocenters. The molecule has 0 amide bonds. The largest absolute Gasteiger partial charge is 0.415 e. The normalized spacial score (nSPS) is 16.1. The molecule has 36 heavy (non-hydrogen) atoms. The molecule has 1 aromatic rings. The smallest absolute Gasteiger partial charge is 0.389 e. The van der Waals surface area contributed by atoms with E-state index in [0.29, 0.717) is 6.04 Å². The number of benzene rings is 1. The molecule has 0 bridgehead atoms. The number of alkyl halides is 4. The van der Waals surface area contributed by atoms with Crippen molar-refractivity contribution in [2.24, 2.45) is 0 Å². The molecule has 0 saturated heterocycles. The fraction of sp³-hybridized carbons (Fsp3) is 0.483. The Morgan fingerprint density at radius 3 is 2.08 bits per heavy atom. The van der Waals surface area contributed by atoms with Gasteiger partial charge in [0.25, 0.3) is 0 Å². The average molecular weight is 514 g/mol. The van der Waals surface area contributed by atoms with Crippen LogP contribution >= 0.6 is 0 Å². The van der Waals surface area contributed by atoms with Crippen LogP contribution in [0.25, 0.3) is 5.57 Å². The highest BCUT2D eigenvalue weighted by molar-refractivity contribution is 5.76. The molecule has 2 rings (SSSR count). The van der Waals surface area contributed by atoms with Crippen LogP contribution in [-0.4, -0.2) is 47.8 Å². The van der Waals surface area contributed by atoms with E-state index in [2.05, 4.69) is 82.1 Å².